The van der Waals surface area contributed by atoms with E-state index in [9.17, 15) is 9.50 Å². The Kier molecular flexibility index (Phi) is 4.15. The summed E-state index contributed by atoms with van der Waals surface area (Å²) in [5.41, 5.74) is 0.362. The van der Waals surface area contributed by atoms with Crippen molar-refractivity contribution in [3.05, 3.63) is 29.6 Å². The highest BCUT2D eigenvalue weighted by molar-refractivity contribution is 5.35. The average molecular weight is 296 g/mol. The summed E-state index contributed by atoms with van der Waals surface area (Å²) in [6, 6.07) is 4.25. The summed E-state index contributed by atoms with van der Waals surface area (Å²) in [5, 5.41) is 9.78. The molecule has 4 nitrogen and oxygen atoms in total. The number of benzene rings is 1. The van der Waals surface area contributed by atoms with E-state index in [1.807, 2.05) is 0 Å². The molecule has 5 heteroatoms. The van der Waals surface area contributed by atoms with Crippen LogP contribution in [-0.4, -0.2) is 36.6 Å². The smallest absolute Gasteiger partial charge is 0.128 e. The molecule has 0 radical (unpaired) electrons. The van der Waals surface area contributed by atoms with Gasteiger partial charge in [0.15, 0.2) is 0 Å². The lowest BCUT2D eigenvalue weighted by molar-refractivity contribution is -0.112. The van der Waals surface area contributed by atoms with Crippen molar-refractivity contribution in [2.45, 2.75) is 44.0 Å². The first-order valence-corrected chi connectivity index (χ1v) is 7.44. The van der Waals surface area contributed by atoms with Crippen LogP contribution >= 0.6 is 0 Å². The van der Waals surface area contributed by atoms with Gasteiger partial charge in [0.2, 0.25) is 0 Å². The number of ether oxygens (including phenoxy) is 3. The van der Waals surface area contributed by atoms with Gasteiger partial charge in [0.1, 0.15) is 17.7 Å². The van der Waals surface area contributed by atoms with Crippen LogP contribution in [0.2, 0.25) is 0 Å². The van der Waals surface area contributed by atoms with Gasteiger partial charge in [0, 0.05) is 37.5 Å². The monoisotopic (exact) mass is 296 g/mol. The van der Waals surface area contributed by atoms with Crippen LogP contribution in [-0.2, 0) is 9.47 Å². The number of aliphatic hydroxyl groups excluding tert-OH is 1. The lowest BCUT2D eigenvalue weighted by atomic mass is 9.91. The van der Waals surface area contributed by atoms with E-state index in [-0.39, 0.29) is 17.5 Å². The third-order valence-electron chi connectivity index (χ3n) is 4.23. The summed E-state index contributed by atoms with van der Waals surface area (Å²) < 4.78 is 30.7. The summed E-state index contributed by atoms with van der Waals surface area (Å²) in [6.07, 6.45) is 1.64. The van der Waals surface area contributed by atoms with Crippen LogP contribution in [0.1, 0.15) is 37.9 Å². The first-order valence-electron chi connectivity index (χ1n) is 7.44. The van der Waals surface area contributed by atoms with Crippen LogP contribution in [0.4, 0.5) is 4.39 Å². The highest BCUT2D eigenvalue weighted by Crippen LogP contribution is 2.36. The van der Waals surface area contributed by atoms with Crippen molar-refractivity contribution in [1.29, 1.82) is 0 Å². The number of halogens is 1. The fourth-order valence-electron chi connectivity index (χ4n) is 3.08. The second-order valence-corrected chi connectivity index (χ2v) is 5.92. The zero-order chi connectivity index (χ0) is 14.9. The molecule has 2 aliphatic rings. The Hall–Kier alpha value is -1.17. The summed E-state index contributed by atoms with van der Waals surface area (Å²) in [4.78, 5) is 0. The van der Waals surface area contributed by atoms with Gasteiger partial charge in [-0.2, -0.15) is 0 Å². The molecule has 116 valence electrons. The molecule has 1 spiro atoms. The molecule has 2 aliphatic heterocycles. The largest absolute Gasteiger partial charge is 0.490 e. The number of rotatable bonds is 3. The van der Waals surface area contributed by atoms with Crippen molar-refractivity contribution >= 4 is 0 Å². The lowest BCUT2D eigenvalue weighted by Gasteiger charge is -2.37. The van der Waals surface area contributed by atoms with E-state index in [4.69, 9.17) is 14.2 Å². The van der Waals surface area contributed by atoms with E-state index in [0.717, 1.165) is 19.3 Å². The molecule has 0 aliphatic carbocycles. The van der Waals surface area contributed by atoms with Crippen molar-refractivity contribution < 1.29 is 23.7 Å². The molecule has 0 aromatic heterocycles. The molecule has 0 saturated carbocycles. The average Bonchev–Trinajstić information content (AvgIpc) is 2.86. The van der Waals surface area contributed by atoms with E-state index in [2.05, 4.69) is 0 Å². The third-order valence-corrected chi connectivity index (χ3v) is 4.23. The quantitative estimate of drug-likeness (QED) is 0.931. The molecule has 1 aromatic rings. The fourth-order valence-corrected chi connectivity index (χ4v) is 3.08. The number of hydrogen-bond donors (Lipinski definition) is 1. The fraction of sp³-hybridized carbons (Fsp3) is 0.625. The predicted octanol–water partition coefficient (Wildman–Crippen LogP) is 2.60. The minimum absolute atomic E-state index is 0.0419. The SMILES string of the molecule is CC(O)c1ccc(F)cc1OC1CCOC2(CCOC2)C1. The van der Waals surface area contributed by atoms with Gasteiger partial charge in [-0.25, -0.2) is 4.39 Å². The highest BCUT2D eigenvalue weighted by atomic mass is 19.1. The second kappa shape index (κ2) is 5.91. The molecule has 1 N–H and O–H groups in total. The second-order valence-electron chi connectivity index (χ2n) is 5.92. The standard InChI is InChI=1S/C16H21FO4/c1-11(18)14-3-2-12(17)8-15(14)21-13-4-6-20-16(9-13)5-7-19-10-16/h2-3,8,11,13,18H,4-7,9-10H2,1H3. The molecule has 2 fully saturated rings. The molecule has 2 saturated heterocycles. The Morgan fingerprint density at radius 1 is 1.43 bits per heavy atom. The number of hydrogen-bond acceptors (Lipinski definition) is 4. The highest BCUT2D eigenvalue weighted by Gasteiger charge is 2.42. The lowest BCUT2D eigenvalue weighted by Crippen LogP contribution is -2.44. The molecule has 3 unspecified atom stereocenters. The van der Waals surface area contributed by atoms with Crippen molar-refractivity contribution in [3.8, 4) is 5.75 Å². The first-order chi connectivity index (χ1) is 10.1. The molecule has 3 atom stereocenters. The molecule has 2 heterocycles. The molecule has 21 heavy (non-hydrogen) atoms. The molecule has 3 rings (SSSR count). The molecular formula is C16H21FO4. The normalized spacial score (nSPS) is 30.5. The Balaban J connectivity index is 1.75. The predicted molar refractivity (Wildman–Crippen MR) is 74.8 cm³/mol. The van der Waals surface area contributed by atoms with Crippen LogP contribution in [0.25, 0.3) is 0 Å². The molecular weight excluding hydrogens is 275 g/mol. The van der Waals surface area contributed by atoms with E-state index in [1.165, 1.54) is 12.1 Å². The minimum Gasteiger partial charge on any atom is -0.490 e. The molecule has 0 bridgehead atoms. The molecule has 1 aromatic carbocycles. The summed E-state index contributed by atoms with van der Waals surface area (Å²) >= 11 is 0. The van der Waals surface area contributed by atoms with Gasteiger partial charge in [0.25, 0.3) is 0 Å². The zero-order valence-electron chi connectivity index (χ0n) is 12.2. The van der Waals surface area contributed by atoms with Crippen molar-refractivity contribution in [1.82, 2.24) is 0 Å². The maximum absolute atomic E-state index is 13.5. The van der Waals surface area contributed by atoms with Gasteiger partial charge in [-0.1, -0.05) is 0 Å². The van der Waals surface area contributed by atoms with Gasteiger partial charge < -0.3 is 19.3 Å². The zero-order valence-corrected chi connectivity index (χ0v) is 12.2. The van der Waals surface area contributed by atoms with Crippen molar-refractivity contribution in [3.63, 3.8) is 0 Å². The summed E-state index contributed by atoms with van der Waals surface area (Å²) in [6.45, 7) is 3.58. The minimum atomic E-state index is -0.691. The van der Waals surface area contributed by atoms with Crippen LogP contribution in [0.3, 0.4) is 0 Å². The van der Waals surface area contributed by atoms with Gasteiger partial charge in [-0.05, 0) is 19.1 Å². The van der Waals surface area contributed by atoms with Gasteiger partial charge >= 0.3 is 0 Å². The Labute approximate surface area is 123 Å². The van der Waals surface area contributed by atoms with Gasteiger partial charge in [-0.15, -0.1) is 0 Å². The van der Waals surface area contributed by atoms with E-state index >= 15 is 0 Å². The molecule has 0 amide bonds. The number of aliphatic hydroxyl groups is 1. The van der Waals surface area contributed by atoms with Gasteiger partial charge in [0.05, 0.1) is 24.9 Å². The van der Waals surface area contributed by atoms with Crippen molar-refractivity contribution in [2.24, 2.45) is 0 Å². The Morgan fingerprint density at radius 2 is 2.29 bits per heavy atom. The summed E-state index contributed by atoms with van der Waals surface area (Å²) in [5.74, 6) is 0.0614. The summed E-state index contributed by atoms with van der Waals surface area (Å²) in [7, 11) is 0. The topological polar surface area (TPSA) is 47.9 Å². The Bertz CT molecular complexity index is 497. The van der Waals surface area contributed by atoms with Crippen LogP contribution < -0.4 is 4.74 Å². The maximum Gasteiger partial charge on any atom is 0.128 e. The van der Waals surface area contributed by atoms with E-state index in [0.29, 0.717) is 31.1 Å². The van der Waals surface area contributed by atoms with Crippen molar-refractivity contribution in [2.75, 3.05) is 19.8 Å². The Morgan fingerprint density at radius 3 is 3.00 bits per heavy atom. The van der Waals surface area contributed by atoms with E-state index in [1.54, 1.807) is 13.0 Å². The maximum atomic E-state index is 13.5. The van der Waals surface area contributed by atoms with E-state index < -0.39 is 6.10 Å². The third kappa shape index (κ3) is 3.20. The van der Waals surface area contributed by atoms with Crippen LogP contribution in [0.15, 0.2) is 18.2 Å². The van der Waals surface area contributed by atoms with Crippen LogP contribution in [0.5, 0.6) is 5.75 Å². The first kappa shape index (κ1) is 14.8. The van der Waals surface area contributed by atoms with Gasteiger partial charge in [-0.3, -0.25) is 0 Å². The van der Waals surface area contributed by atoms with Crippen LogP contribution in [0, 0.1) is 5.82 Å².